The Morgan fingerprint density at radius 3 is 2.54 bits per heavy atom. The Bertz CT molecular complexity index is 212. The second-order valence-electron chi connectivity index (χ2n) is 2.48. The van der Waals surface area contributed by atoms with E-state index in [2.05, 4.69) is 17.7 Å². The smallest absolute Gasteiger partial charge is 0.330 e. The summed E-state index contributed by atoms with van der Waals surface area (Å²) in [5.41, 5.74) is 0. The van der Waals surface area contributed by atoms with E-state index in [1.165, 1.54) is 13.2 Å². The van der Waals surface area contributed by atoms with Crippen LogP contribution in [-0.2, 0) is 9.53 Å². The molecule has 0 aromatic rings. The number of carbonyl (C=O) groups is 1. The summed E-state index contributed by atoms with van der Waals surface area (Å²) < 4.78 is 4.42. The summed E-state index contributed by atoms with van der Waals surface area (Å²) in [5.74, 6) is -0.331. The Balaban J connectivity index is 3.62. The first-order valence-corrected chi connectivity index (χ1v) is 4.39. The lowest BCUT2D eigenvalue weighted by atomic mass is 10.3. The van der Waals surface area contributed by atoms with Crippen LogP contribution in [0.4, 0.5) is 0 Å². The number of carbonyl (C=O) groups excluding carboxylic acids is 1. The van der Waals surface area contributed by atoms with Crippen molar-refractivity contribution in [3.05, 3.63) is 36.5 Å². The van der Waals surface area contributed by atoms with Crippen molar-refractivity contribution in [3.63, 3.8) is 0 Å². The van der Waals surface area contributed by atoms with E-state index >= 15 is 0 Å². The number of methoxy groups -OCH3 is 1. The predicted molar refractivity (Wildman–Crippen MR) is 54.3 cm³/mol. The average molecular weight is 180 g/mol. The third-order valence-electron chi connectivity index (χ3n) is 1.36. The van der Waals surface area contributed by atoms with Crippen molar-refractivity contribution < 1.29 is 9.53 Å². The molecular formula is C11H16O2. The maximum atomic E-state index is 10.6. The lowest BCUT2D eigenvalue weighted by Gasteiger charge is -1.85. The van der Waals surface area contributed by atoms with Crippen molar-refractivity contribution >= 4 is 5.97 Å². The third-order valence-corrected chi connectivity index (χ3v) is 1.36. The number of hydrogen-bond acceptors (Lipinski definition) is 2. The number of esters is 1. The highest BCUT2D eigenvalue weighted by Gasteiger charge is 1.85. The van der Waals surface area contributed by atoms with Gasteiger partial charge in [-0.25, -0.2) is 4.79 Å². The van der Waals surface area contributed by atoms with Gasteiger partial charge in [0.2, 0.25) is 0 Å². The van der Waals surface area contributed by atoms with Gasteiger partial charge < -0.3 is 4.74 Å². The number of hydrogen-bond donors (Lipinski definition) is 0. The van der Waals surface area contributed by atoms with Gasteiger partial charge in [-0.15, -0.1) is 0 Å². The molecule has 0 amide bonds. The van der Waals surface area contributed by atoms with E-state index in [4.69, 9.17) is 0 Å². The van der Waals surface area contributed by atoms with Crippen molar-refractivity contribution in [2.75, 3.05) is 7.11 Å². The van der Waals surface area contributed by atoms with Crippen LogP contribution >= 0.6 is 0 Å². The monoisotopic (exact) mass is 180 g/mol. The van der Waals surface area contributed by atoms with Gasteiger partial charge in [0.1, 0.15) is 0 Å². The zero-order chi connectivity index (χ0) is 9.94. The van der Waals surface area contributed by atoms with Crippen molar-refractivity contribution in [2.24, 2.45) is 0 Å². The molecule has 0 aliphatic heterocycles. The molecule has 0 heterocycles. The van der Waals surface area contributed by atoms with Gasteiger partial charge in [0, 0.05) is 6.08 Å². The van der Waals surface area contributed by atoms with Crippen molar-refractivity contribution in [2.45, 2.75) is 19.8 Å². The highest BCUT2D eigenvalue weighted by Crippen LogP contribution is 1.89. The van der Waals surface area contributed by atoms with Gasteiger partial charge in [-0.2, -0.15) is 0 Å². The van der Waals surface area contributed by atoms with Crippen LogP contribution in [0.2, 0.25) is 0 Å². The Morgan fingerprint density at radius 1 is 1.23 bits per heavy atom. The zero-order valence-electron chi connectivity index (χ0n) is 8.19. The highest BCUT2D eigenvalue weighted by molar-refractivity contribution is 5.82. The summed E-state index contributed by atoms with van der Waals surface area (Å²) in [7, 11) is 1.36. The molecule has 0 aromatic heterocycles. The summed E-state index contributed by atoms with van der Waals surface area (Å²) in [5, 5.41) is 0. The number of rotatable bonds is 5. The summed E-state index contributed by atoms with van der Waals surface area (Å²) in [6, 6.07) is 0. The van der Waals surface area contributed by atoms with Crippen LogP contribution in [0.3, 0.4) is 0 Å². The van der Waals surface area contributed by atoms with Crippen LogP contribution in [0, 0.1) is 0 Å². The summed E-state index contributed by atoms with van der Waals surface area (Å²) in [4.78, 5) is 10.6. The average Bonchev–Trinajstić information content (AvgIpc) is 2.16. The van der Waals surface area contributed by atoms with Crippen LogP contribution < -0.4 is 0 Å². The van der Waals surface area contributed by atoms with E-state index in [0.717, 1.165) is 12.8 Å². The van der Waals surface area contributed by atoms with Gasteiger partial charge in [-0.1, -0.05) is 43.7 Å². The SMILES string of the molecule is CCCC=C/C=C\C=C\C(=O)OC. The molecule has 0 fully saturated rings. The van der Waals surface area contributed by atoms with Gasteiger partial charge in [0.25, 0.3) is 0 Å². The molecule has 0 aromatic carbocycles. The molecule has 13 heavy (non-hydrogen) atoms. The summed E-state index contributed by atoms with van der Waals surface area (Å²) in [6.45, 7) is 2.13. The molecule has 0 aliphatic carbocycles. The molecule has 2 nitrogen and oxygen atoms in total. The van der Waals surface area contributed by atoms with E-state index in [1.807, 2.05) is 12.2 Å². The maximum absolute atomic E-state index is 10.6. The Labute approximate surface area is 79.6 Å². The molecule has 0 spiro atoms. The lowest BCUT2D eigenvalue weighted by molar-refractivity contribution is -0.134. The van der Waals surface area contributed by atoms with Gasteiger partial charge in [0.05, 0.1) is 7.11 Å². The first kappa shape index (κ1) is 11.7. The fourth-order valence-corrected chi connectivity index (χ4v) is 0.672. The molecule has 2 heteroatoms. The van der Waals surface area contributed by atoms with E-state index in [0.29, 0.717) is 0 Å². The molecule has 0 unspecified atom stereocenters. The second kappa shape index (κ2) is 8.78. The quantitative estimate of drug-likeness (QED) is 0.369. The molecule has 0 saturated heterocycles. The molecule has 72 valence electrons. The first-order valence-electron chi connectivity index (χ1n) is 4.39. The standard InChI is InChI=1S/C11H16O2/c1-3-4-5-6-7-8-9-10-11(12)13-2/h5-10H,3-4H2,1-2H3/b6-5?,8-7-,10-9+. The molecule has 0 N–H and O–H groups in total. The molecule has 0 atom stereocenters. The van der Waals surface area contributed by atoms with E-state index < -0.39 is 0 Å². The molecule has 0 rings (SSSR count). The predicted octanol–water partition coefficient (Wildman–Crippen LogP) is 2.63. The Morgan fingerprint density at radius 2 is 1.92 bits per heavy atom. The van der Waals surface area contributed by atoms with E-state index in [9.17, 15) is 4.79 Å². The van der Waals surface area contributed by atoms with Crippen molar-refractivity contribution in [1.29, 1.82) is 0 Å². The van der Waals surface area contributed by atoms with Crippen LogP contribution in [0.25, 0.3) is 0 Å². The molecule has 0 radical (unpaired) electrons. The normalized spacial score (nSPS) is 11.8. The number of allylic oxidation sites excluding steroid dienone is 5. The third kappa shape index (κ3) is 8.60. The Hall–Kier alpha value is -1.31. The van der Waals surface area contributed by atoms with Crippen LogP contribution in [0.1, 0.15) is 19.8 Å². The van der Waals surface area contributed by atoms with Crippen LogP contribution in [0.5, 0.6) is 0 Å². The van der Waals surface area contributed by atoms with Gasteiger partial charge in [0.15, 0.2) is 0 Å². The van der Waals surface area contributed by atoms with Crippen LogP contribution in [-0.4, -0.2) is 13.1 Å². The van der Waals surface area contributed by atoms with E-state index in [-0.39, 0.29) is 5.97 Å². The zero-order valence-corrected chi connectivity index (χ0v) is 8.19. The van der Waals surface area contributed by atoms with Crippen molar-refractivity contribution in [1.82, 2.24) is 0 Å². The van der Waals surface area contributed by atoms with Gasteiger partial charge >= 0.3 is 5.97 Å². The minimum Gasteiger partial charge on any atom is -0.466 e. The van der Waals surface area contributed by atoms with Gasteiger partial charge in [-0.3, -0.25) is 0 Å². The summed E-state index contributed by atoms with van der Waals surface area (Å²) >= 11 is 0. The first-order chi connectivity index (χ1) is 6.31. The lowest BCUT2D eigenvalue weighted by Crippen LogP contribution is -1.92. The van der Waals surface area contributed by atoms with Gasteiger partial charge in [-0.05, 0) is 6.42 Å². The van der Waals surface area contributed by atoms with Crippen molar-refractivity contribution in [3.8, 4) is 0 Å². The van der Waals surface area contributed by atoms with E-state index in [1.54, 1.807) is 12.2 Å². The molecule has 0 bridgehead atoms. The number of ether oxygens (including phenoxy) is 1. The molecule has 0 saturated carbocycles. The summed E-state index contributed by atoms with van der Waals surface area (Å²) in [6.07, 6.45) is 13.0. The minimum absolute atomic E-state index is 0.331. The fourth-order valence-electron chi connectivity index (χ4n) is 0.672. The molecule has 0 aliphatic rings. The second-order valence-corrected chi connectivity index (χ2v) is 2.48. The topological polar surface area (TPSA) is 26.3 Å². The highest BCUT2D eigenvalue weighted by atomic mass is 16.5. The Kier molecular flexibility index (Phi) is 7.90. The number of unbranched alkanes of at least 4 members (excludes halogenated alkanes) is 1. The molecular weight excluding hydrogens is 164 g/mol. The largest absolute Gasteiger partial charge is 0.466 e. The maximum Gasteiger partial charge on any atom is 0.330 e. The van der Waals surface area contributed by atoms with Crippen LogP contribution in [0.15, 0.2) is 36.5 Å². The minimum atomic E-state index is -0.331. The fraction of sp³-hybridized carbons (Fsp3) is 0.364.